The Bertz CT molecular complexity index is 1080. The van der Waals surface area contributed by atoms with Gasteiger partial charge in [-0.15, -0.1) is 0 Å². The number of rotatable bonds is 10. The summed E-state index contributed by atoms with van der Waals surface area (Å²) >= 11 is 0. The average Bonchev–Trinajstić information content (AvgIpc) is 3.41. The smallest absolute Gasteiger partial charge is 0.256 e. The molecule has 0 saturated heterocycles. The van der Waals surface area contributed by atoms with E-state index in [0.717, 1.165) is 0 Å². The predicted molar refractivity (Wildman–Crippen MR) is 120 cm³/mol. The van der Waals surface area contributed by atoms with E-state index in [-0.39, 0.29) is 18.3 Å². The minimum atomic E-state index is -0.746. The monoisotopic (exact) mass is 436 g/mol. The van der Waals surface area contributed by atoms with Gasteiger partial charge in [-0.3, -0.25) is 9.89 Å². The lowest BCUT2D eigenvalue weighted by molar-refractivity contribution is -0.110. The van der Waals surface area contributed by atoms with Crippen LogP contribution in [0.4, 0.5) is 5.69 Å². The summed E-state index contributed by atoms with van der Waals surface area (Å²) in [6, 6.07) is 13.6. The Hall–Kier alpha value is -3.82. The minimum absolute atomic E-state index is 0.0633. The molecule has 0 bridgehead atoms. The van der Waals surface area contributed by atoms with Gasteiger partial charge >= 0.3 is 0 Å². The zero-order valence-electron chi connectivity index (χ0n) is 17.2. The van der Waals surface area contributed by atoms with Crippen LogP contribution in [0.1, 0.15) is 11.3 Å². The molecule has 4 rings (SSSR count). The van der Waals surface area contributed by atoms with Crippen molar-refractivity contribution in [2.45, 2.75) is 6.10 Å². The van der Waals surface area contributed by atoms with Gasteiger partial charge in [0.25, 0.3) is 5.91 Å². The SMILES string of the molecule is O=C1Nc2cccc(OCC(O)CNCCOc3ccc(O)cc3)c2/C1=C/c1ccn[nH]1. The Morgan fingerprint density at radius 1 is 1.12 bits per heavy atom. The maximum Gasteiger partial charge on any atom is 0.256 e. The number of nitrogens with one attached hydrogen (secondary N) is 3. The highest BCUT2D eigenvalue weighted by Crippen LogP contribution is 2.39. The molecule has 5 N–H and O–H groups in total. The highest BCUT2D eigenvalue weighted by Gasteiger charge is 2.28. The lowest BCUT2D eigenvalue weighted by Gasteiger charge is -2.15. The van der Waals surface area contributed by atoms with Crippen molar-refractivity contribution >= 4 is 23.2 Å². The third kappa shape index (κ3) is 5.26. The lowest BCUT2D eigenvalue weighted by Crippen LogP contribution is -2.33. The summed E-state index contributed by atoms with van der Waals surface area (Å²) in [4.78, 5) is 12.4. The molecule has 1 amide bonds. The fourth-order valence-electron chi connectivity index (χ4n) is 3.27. The maximum absolute atomic E-state index is 12.4. The van der Waals surface area contributed by atoms with Gasteiger partial charge < -0.3 is 30.3 Å². The summed E-state index contributed by atoms with van der Waals surface area (Å²) in [6.45, 7) is 1.34. The number of H-pyrrole nitrogens is 1. The Labute approximate surface area is 184 Å². The molecule has 0 fully saturated rings. The first-order chi connectivity index (χ1) is 15.6. The Morgan fingerprint density at radius 2 is 1.97 bits per heavy atom. The Kier molecular flexibility index (Phi) is 6.69. The van der Waals surface area contributed by atoms with Crippen LogP contribution >= 0.6 is 0 Å². The number of carbonyl (C=O) groups is 1. The summed E-state index contributed by atoms with van der Waals surface area (Å²) in [5.74, 6) is 1.14. The van der Waals surface area contributed by atoms with E-state index in [0.29, 0.717) is 53.7 Å². The van der Waals surface area contributed by atoms with Gasteiger partial charge in [-0.05, 0) is 48.5 Å². The van der Waals surface area contributed by atoms with Crippen LogP contribution in [0, 0.1) is 0 Å². The van der Waals surface area contributed by atoms with Crippen LogP contribution in [-0.4, -0.2) is 58.7 Å². The van der Waals surface area contributed by atoms with Crippen molar-refractivity contribution < 1.29 is 24.5 Å². The van der Waals surface area contributed by atoms with E-state index >= 15 is 0 Å². The number of hydrogen-bond donors (Lipinski definition) is 5. The van der Waals surface area contributed by atoms with Gasteiger partial charge in [0.2, 0.25) is 0 Å². The normalized spacial score (nSPS) is 14.8. The van der Waals surface area contributed by atoms with Crippen LogP contribution in [0.5, 0.6) is 17.2 Å². The van der Waals surface area contributed by atoms with Crippen LogP contribution in [0.3, 0.4) is 0 Å². The number of phenolic OH excluding ortho intramolecular Hbond substituents is 1. The van der Waals surface area contributed by atoms with Gasteiger partial charge in [-0.1, -0.05) is 6.07 Å². The van der Waals surface area contributed by atoms with Gasteiger partial charge in [0, 0.05) is 19.3 Å². The van der Waals surface area contributed by atoms with Crippen LogP contribution in [0.25, 0.3) is 11.6 Å². The van der Waals surface area contributed by atoms with E-state index < -0.39 is 6.10 Å². The number of nitrogens with zero attached hydrogens (tertiary/aromatic N) is 1. The number of aliphatic hydroxyl groups is 1. The van der Waals surface area contributed by atoms with Crippen LogP contribution in [0.2, 0.25) is 0 Å². The summed E-state index contributed by atoms with van der Waals surface area (Å²) in [5, 5.41) is 32.2. The fraction of sp³-hybridized carbons (Fsp3) is 0.217. The molecular formula is C23H24N4O5. The number of hydrogen-bond acceptors (Lipinski definition) is 7. The quantitative estimate of drug-likeness (QED) is 0.243. The molecule has 9 nitrogen and oxygen atoms in total. The molecule has 1 aromatic heterocycles. The van der Waals surface area contributed by atoms with Gasteiger partial charge in [0.05, 0.1) is 22.5 Å². The molecule has 0 radical (unpaired) electrons. The van der Waals surface area contributed by atoms with E-state index in [1.165, 1.54) is 0 Å². The van der Waals surface area contributed by atoms with Gasteiger partial charge in [0.15, 0.2) is 0 Å². The molecule has 2 aromatic carbocycles. The van der Waals surface area contributed by atoms with Crippen molar-refractivity contribution in [3.63, 3.8) is 0 Å². The number of aromatic hydroxyl groups is 1. The summed E-state index contributed by atoms with van der Waals surface area (Å²) < 4.78 is 11.4. The number of aromatic nitrogens is 2. The van der Waals surface area contributed by atoms with Crippen LogP contribution in [-0.2, 0) is 4.79 Å². The van der Waals surface area contributed by atoms with Crippen molar-refractivity contribution in [2.24, 2.45) is 0 Å². The number of anilines is 1. The molecule has 1 aliphatic heterocycles. The highest BCUT2D eigenvalue weighted by atomic mass is 16.5. The first-order valence-corrected chi connectivity index (χ1v) is 10.2. The van der Waals surface area contributed by atoms with Crippen molar-refractivity contribution in [3.05, 3.63) is 66.0 Å². The molecule has 32 heavy (non-hydrogen) atoms. The highest BCUT2D eigenvalue weighted by molar-refractivity contribution is 6.35. The third-order valence-electron chi connectivity index (χ3n) is 4.81. The van der Waals surface area contributed by atoms with Crippen molar-refractivity contribution in [1.29, 1.82) is 0 Å². The molecule has 3 aromatic rings. The van der Waals surface area contributed by atoms with Crippen molar-refractivity contribution in [3.8, 4) is 17.2 Å². The molecule has 0 spiro atoms. The maximum atomic E-state index is 12.4. The molecule has 1 aliphatic rings. The minimum Gasteiger partial charge on any atom is -0.508 e. The van der Waals surface area contributed by atoms with Gasteiger partial charge in [-0.25, -0.2) is 0 Å². The second-order valence-electron chi connectivity index (χ2n) is 7.21. The summed E-state index contributed by atoms with van der Waals surface area (Å²) in [7, 11) is 0. The summed E-state index contributed by atoms with van der Waals surface area (Å²) in [5.41, 5.74) is 2.50. The number of aromatic amines is 1. The molecule has 1 atom stereocenters. The molecule has 1 unspecified atom stereocenters. The number of carbonyl (C=O) groups excluding carboxylic acids is 1. The Balaban J connectivity index is 1.27. The molecule has 166 valence electrons. The van der Waals surface area contributed by atoms with Crippen molar-refractivity contribution in [2.75, 3.05) is 31.6 Å². The fourth-order valence-corrected chi connectivity index (χ4v) is 3.27. The van der Waals surface area contributed by atoms with Gasteiger partial charge in [-0.2, -0.15) is 5.10 Å². The molecule has 2 heterocycles. The summed E-state index contributed by atoms with van der Waals surface area (Å²) in [6.07, 6.45) is 2.58. The number of amides is 1. The number of phenols is 1. The molecule has 9 heteroatoms. The Morgan fingerprint density at radius 3 is 2.75 bits per heavy atom. The lowest BCUT2D eigenvalue weighted by atomic mass is 10.0. The average molecular weight is 436 g/mol. The van der Waals surface area contributed by atoms with E-state index in [2.05, 4.69) is 20.8 Å². The number of benzene rings is 2. The van der Waals surface area contributed by atoms with Crippen molar-refractivity contribution in [1.82, 2.24) is 15.5 Å². The molecule has 0 saturated carbocycles. The topological polar surface area (TPSA) is 129 Å². The number of fused-ring (bicyclic) bond motifs is 1. The second-order valence-corrected chi connectivity index (χ2v) is 7.21. The third-order valence-corrected chi connectivity index (χ3v) is 4.81. The standard InChI is InChI=1S/C23H24N4O5/c28-16-4-6-18(7-5-16)31-11-10-24-13-17(29)14-32-21-3-1-2-20-22(21)19(23(30)26-20)12-15-8-9-25-27-15/h1-9,12,17,24,28-29H,10-11,13-14H2,(H,25,27)(H,26,30)/b19-12-. The number of aliphatic hydroxyl groups excluding tert-OH is 1. The number of ether oxygens (including phenoxy) is 2. The zero-order valence-corrected chi connectivity index (χ0v) is 17.2. The van der Waals surface area contributed by atoms with E-state index in [9.17, 15) is 15.0 Å². The predicted octanol–water partition coefficient (Wildman–Crippen LogP) is 2.02. The van der Waals surface area contributed by atoms with E-state index in [1.54, 1.807) is 60.8 Å². The largest absolute Gasteiger partial charge is 0.508 e. The van der Waals surface area contributed by atoms with Crippen LogP contribution < -0.4 is 20.1 Å². The zero-order chi connectivity index (χ0) is 22.3. The first-order valence-electron chi connectivity index (χ1n) is 10.2. The van der Waals surface area contributed by atoms with Crippen LogP contribution in [0.15, 0.2) is 54.7 Å². The molecular weight excluding hydrogens is 412 g/mol. The second kappa shape index (κ2) is 9.99. The van der Waals surface area contributed by atoms with Gasteiger partial charge in [0.1, 0.15) is 36.6 Å². The molecule has 0 aliphatic carbocycles. The van der Waals surface area contributed by atoms with E-state index in [1.807, 2.05) is 0 Å². The first kappa shape index (κ1) is 21.4. The van der Waals surface area contributed by atoms with E-state index in [4.69, 9.17) is 9.47 Å².